The van der Waals surface area contributed by atoms with Gasteiger partial charge < -0.3 is 14.4 Å². The third-order valence-corrected chi connectivity index (χ3v) is 6.33. The number of aliphatic hydroxyl groups is 1. The number of aliphatic hydroxyl groups excluding tert-OH is 1. The Bertz CT molecular complexity index is 1470. The van der Waals surface area contributed by atoms with Crippen LogP contribution in [-0.2, 0) is 11.3 Å². The maximum Gasteiger partial charge on any atom is 0.290 e. The van der Waals surface area contributed by atoms with Crippen LogP contribution in [0.3, 0.4) is 0 Å². The molecule has 0 saturated heterocycles. The fraction of sp³-hybridized carbons (Fsp3) is 0.148. The molecule has 34 heavy (non-hydrogen) atoms. The van der Waals surface area contributed by atoms with Gasteiger partial charge in [0.25, 0.3) is 5.91 Å². The number of pyridine rings is 1. The first-order valence-electron chi connectivity index (χ1n) is 10.8. The largest absolute Gasteiger partial charge is 0.503 e. The zero-order valence-corrected chi connectivity index (χ0v) is 19.3. The number of carbonyl (C=O) groups is 2. The van der Waals surface area contributed by atoms with Crippen molar-refractivity contribution in [3.63, 3.8) is 0 Å². The molecule has 1 amide bonds. The van der Waals surface area contributed by atoms with Gasteiger partial charge in [-0.15, -0.1) is 0 Å². The number of rotatable bonds is 5. The molecular formula is C27H21ClN2O4. The number of nitrogens with zero attached hydrogens (tertiary/aromatic N) is 2. The number of Topliss-reactive ketones (excluding diaryl/α,β-unsaturated/α-hetero) is 1. The van der Waals surface area contributed by atoms with Crippen LogP contribution >= 0.6 is 11.6 Å². The van der Waals surface area contributed by atoms with Crippen molar-refractivity contribution >= 4 is 34.3 Å². The van der Waals surface area contributed by atoms with Crippen molar-refractivity contribution in [1.82, 2.24) is 9.88 Å². The molecule has 0 spiro atoms. The van der Waals surface area contributed by atoms with E-state index in [1.54, 1.807) is 48.8 Å². The minimum Gasteiger partial charge on any atom is -0.503 e. The second kappa shape index (κ2) is 8.47. The Morgan fingerprint density at radius 2 is 1.97 bits per heavy atom. The van der Waals surface area contributed by atoms with E-state index in [2.05, 4.69) is 4.98 Å². The lowest BCUT2D eigenvalue weighted by molar-refractivity contribution is -0.130. The normalized spacial score (nSPS) is 16.0. The number of furan rings is 1. The molecule has 170 valence electrons. The molecule has 1 aliphatic rings. The molecule has 5 rings (SSSR count). The van der Waals surface area contributed by atoms with Crippen LogP contribution in [0, 0.1) is 13.8 Å². The number of aryl methyl sites for hydroxylation is 2. The standard InChI is InChI=1S/C27H21ClN2O4/c1-15-5-6-16(2)19(10-15)14-30-24(17-4-3-9-29-13-17)23(26(32)27(30)33)25(31)22-12-18-11-20(28)7-8-21(18)34-22/h3-13,24,32H,14H2,1-2H3. The summed E-state index contributed by atoms with van der Waals surface area (Å²) in [5.41, 5.74) is 4.07. The Morgan fingerprint density at radius 3 is 2.74 bits per heavy atom. The van der Waals surface area contributed by atoms with E-state index in [-0.39, 0.29) is 17.9 Å². The number of fused-ring (bicyclic) bond motifs is 1. The van der Waals surface area contributed by atoms with Gasteiger partial charge in [-0.2, -0.15) is 0 Å². The lowest BCUT2D eigenvalue weighted by Gasteiger charge is -2.27. The van der Waals surface area contributed by atoms with Gasteiger partial charge in [-0.25, -0.2) is 0 Å². The minimum atomic E-state index is -0.814. The zero-order chi connectivity index (χ0) is 24.0. The highest BCUT2D eigenvalue weighted by atomic mass is 35.5. The molecule has 6 nitrogen and oxygen atoms in total. The Morgan fingerprint density at radius 1 is 1.15 bits per heavy atom. The first-order valence-corrected chi connectivity index (χ1v) is 11.1. The number of carbonyl (C=O) groups excluding carboxylic acids is 2. The van der Waals surface area contributed by atoms with Crippen LogP contribution in [0.5, 0.6) is 0 Å². The monoisotopic (exact) mass is 472 g/mol. The van der Waals surface area contributed by atoms with E-state index in [1.165, 1.54) is 4.90 Å². The molecule has 4 aromatic rings. The van der Waals surface area contributed by atoms with Gasteiger partial charge in [0.15, 0.2) is 11.5 Å². The van der Waals surface area contributed by atoms with Crippen LogP contribution in [0.15, 0.2) is 82.7 Å². The van der Waals surface area contributed by atoms with Gasteiger partial charge in [0.05, 0.1) is 11.6 Å². The molecule has 2 aromatic heterocycles. The molecule has 3 heterocycles. The van der Waals surface area contributed by atoms with Crippen LogP contribution in [0.1, 0.15) is 38.9 Å². The fourth-order valence-corrected chi connectivity index (χ4v) is 4.53. The minimum absolute atomic E-state index is 0.0223. The quantitative estimate of drug-likeness (QED) is 0.367. The van der Waals surface area contributed by atoms with Gasteiger partial charge in [0, 0.05) is 29.3 Å². The summed E-state index contributed by atoms with van der Waals surface area (Å²) >= 11 is 6.07. The molecule has 0 fully saturated rings. The maximum atomic E-state index is 13.6. The fourth-order valence-electron chi connectivity index (χ4n) is 4.35. The second-order valence-electron chi connectivity index (χ2n) is 8.44. The number of ketones is 1. The summed E-state index contributed by atoms with van der Waals surface area (Å²) in [6, 6.07) is 15.3. The lowest BCUT2D eigenvalue weighted by Crippen LogP contribution is -2.31. The Balaban J connectivity index is 1.60. The Hall–Kier alpha value is -3.90. The highest BCUT2D eigenvalue weighted by molar-refractivity contribution is 6.31. The van der Waals surface area contributed by atoms with Gasteiger partial charge >= 0.3 is 0 Å². The molecular weight excluding hydrogens is 452 g/mol. The molecule has 7 heteroatoms. The molecule has 1 aliphatic heterocycles. The highest BCUT2D eigenvalue weighted by Gasteiger charge is 2.44. The van der Waals surface area contributed by atoms with E-state index < -0.39 is 23.5 Å². The summed E-state index contributed by atoms with van der Waals surface area (Å²) in [4.78, 5) is 32.5. The smallest absolute Gasteiger partial charge is 0.290 e. The third-order valence-electron chi connectivity index (χ3n) is 6.10. The van der Waals surface area contributed by atoms with Crippen LogP contribution in [0.4, 0.5) is 0 Å². The van der Waals surface area contributed by atoms with Crippen molar-refractivity contribution in [2.24, 2.45) is 0 Å². The maximum absolute atomic E-state index is 13.6. The molecule has 0 aliphatic carbocycles. The van der Waals surface area contributed by atoms with Crippen molar-refractivity contribution in [1.29, 1.82) is 0 Å². The Labute approximate surface area is 201 Å². The third kappa shape index (κ3) is 3.76. The van der Waals surface area contributed by atoms with Crippen LogP contribution in [0.25, 0.3) is 11.0 Å². The number of benzene rings is 2. The summed E-state index contributed by atoms with van der Waals surface area (Å²) in [5, 5.41) is 12.1. The molecule has 1 atom stereocenters. The molecule has 0 saturated carbocycles. The number of hydrogen-bond acceptors (Lipinski definition) is 5. The number of hydrogen-bond donors (Lipinski definition) is 1. The summed E-state index contributed by atoms with van der Waals surface area (Å²) in [6.45, 7) is 4.17. The van der Waals surface area contributed by atoms with E-state index >= 15 is 0 Å². The van der Waals surface area contributed by atoms with E-state index in [1.807, 2.05) is 32.0 Å². The van der Waals surface area contributed by atoms with Crippen molar-refractivity contribution in [2.75, 3.05) is 0 Å². The first-order chi connectivity index (χ1) is 16.3. The van der Waals surface area contributed by atoms with Gasteiger partial charge in [-0.05, 0) is 60.9 Å². The van der Waals surface area contributed by atoms with Gasteiger partial charge in [0.1, 0.15) is 5.58 Å². The second-order valence-corrected chi connectivity index (χ2v) is 8.87. The highest BCUT2D eigenvalue weighted by Crippen LogP contribution is 2.40. The van der Waals surface area contributed by atoms with Crippen molar-refractivity contribution in [2.45, 2.75) is 26.4 Å². The summed E-state index contributed by atoms with van der Waals surface area (Å²) in [5.74, 6) is -1.73. The average molecular weight is 473 g/mol. The summed E-state index contributed by atoms with van der Waals surface area (Å²) < 4.78 is 5.75. The number of halogens is 1. The molecule has 1 N–H and O–H groups in total. The first kappa shape index (κ1) is 21.9. The topological polar surface area (TPSA) is 83.6 Å². The molecule has 2 aromatic carbocycles. The summed E-state index contributed by atoms with van der Waals surface area (Å²) in [7, 11) is 0. The van der Waals surface area contributed by atoms with E-state index in [9.17, 15) is 14.7 Å². The molecule has 0 bridgehead atoms. The van der Waals surface area contributed by atoms with Crippen molar-refractivity contribution in [3.05, 3.63) is 111 Å². The predicted molar refractivity (Wildman–Crippen MR) is 129 cm³/mol. The Kier molecular flexibility index (Phi) is 5.46. The SMILES string of the molecule is Cc1ccc(C)c(CN2C(=O)C(O)=C(C(=O)c3cc4cc(Cl)ccc4o3)C2c2cccnc2)c1. The van der Waals surface area contributed by atoms with Gasteiger partial charge in [0.2, 0.25) is 5.78 Å². The molecule has 1 unspecified atom stereocenters. The van der Waals surface area contributed by atoms with E-state index in [0.29, 0.717) is 21.6 Å². The lowest BCUT2D eigenvalue weighted by atomic mass is 9.95. The van der Waals surface area contributed by atoms with E-state index in [0.717, 1.165) is 16.7 Å². The number of aromatic nitrogens is 1. The van der Waals surface area contributed by atoms with Crippen LogP contribution in [-0.4, -0.2) is 26.7 Å². The zero-order valence-electron chi connectivity index (χ0n) is 18.6. The van der Waals surface area contributed by atoms with Gasteiger partial charge in [-0.1, -0.05) is 41.4 Å². The summed E-state index contributed by atoms with van der Waals surface area (Å²) in [6.07, 6.45) is 3.21. The molecule has 0 radical (unpaired) electrons. The van der Waals surface area contributed by atoms with Crippen LogP contribution in [0.2, 0.25) is 5.02 Å². The van der Waals surface area contributed by atoms with Crippen molar-refractivity contribution < 1.29 is 19.1 Å². The van der Waals surface area contributed by atoms with Gasteiger partial charge in [-0.3, -0.25) is 14.6 Å². The predicted octanol–water partition coefficient (Wildman–Crippen LogP) is 5.88. The van der Waals surface area contributed by atoms with E-state index in [4.69, 9.17) is 16.0 Å². The van der Waals surface area contributed by atoms with Crippen LogP contribution < -0.4 is 0 Å². The number of amides is 1. The average Bonchev–Trinajstić information content (AvgIpc) is 3.35. The van der Waals surface area contributed by atoms with Crippen molar-refractivity contribution in [3.8, 4) is 0 Å².